The Labute approximate surface area is 121 Å². The number of benzene rings is 1. The van der Waals surface area contributed by atoms with E-state index in [1.807, 2.05) is 11.8 Å². The summed E-state index contributed by atoms with van der Waals surface area (Å²) in [7, 11) is 2.27. The monoisotopic (exact) mass is 277 g/mol. The van der Waals surface area contributed by atoms with Crippen molar-refractivity contribution in [3.05, 3.63) is 35.4 Å². The number of piperazine rings is 1. The molecule has 1 heterocycles. The molecule has 0 spiro atoms. The zero-order valence-corrected chi connectivity index (χ0v) is 12.8. The summed E-state index contributed by atoms with van der Waals surface area (Å²) in [5, 5.41) is 0. The molecular formula is C16H25N2O2+. The van der Waals surface area contributed by atoms with Gasteiger partial charge in [0.1, 0.15) is 6.54 Å². The second-order valence-electron chi connectivity index (χ2n) is 5.84. The molecule has 2 rings (SSSR count). The average molecular weight is 277 g/mol. The van der Waals surface area contributed by atoms with E-state index in [-0.39, 0.29) is 6.09 Å². The van der Waals surface area contributed by atoms with E-state index in [1.54, 1.807) is 0 Å². The molecule has 0 unspecified atom stereocenters. The topological polar surface area (TPSA) is 29.5 Å². The van der Waals surface area contributed by atoms with Crippen molar-refractivity contribution in [2.24, 2.45) is 0 Å². The van der Waals surface area contributed by atoms with E-state index < -0.39 is 0 Å². The molecule has 1 aromatic rings. The van der Waals surface area contributed by atoms with Gasteiger partial charge in [-0.15, -0.1) is 0 Å². The molecule has 4 heteroatoms. The standard InChI is InChI=1S/C16H25N2O2/c1-4-20-16(19)17-9-11-18(3,12-10-17)13-15-8-6-5-7-14(15)2/h5-8H,4,9-13H2,1-3H3/q+1. The number of hydrogen-bond donors (Lipinski definition) is 0. The van der Waals surface area contributed by atoms with E-state index in [0.29, 0.717) is 6.61 Å². The number of ether oxygens (including phenoxy) is 1. The summed E-state index contributed by atoms with van der Waals surface area (Å²) in [6.45, 7) is 9.01. The molecule has 20 heavy (non-hydrogen) atoms. The van der Waals surface area contributed by atoms with Crippen LogP contribution >= 0.6 is 0 Å². The maximum absolute atomic E-state index is 11.7. The molecule has 1 aromatic carbocycles. The molecule has 1 amide bonds. The van der Waals surface area contributed by atoms with Gasteiger partial charge in [-0.1, -0.05) is 24.3 Å². The highest BCUT2D eigenvalue weighted by molar-refractivity contribution is 5.67. The third-order valence-electron chi connectivity index (χ3n) is 4.16. The molecule has 4 nitrogen and oxygen atoms in total. The largest absolute Gasteiger partial charge is 0.450 e. The second-order valence-corrected chi connectivity index (χ2v) is 5.84. The number of quaternary nitrogens is 1. The number of rotatable bonds is 3. The van der Waals surface area contributed by atoms with Crippen LogP contribution in [0.5, 0.6) is 0 Å². The van der Waals surface area contributed by atoms with Crippen LogP contribution in [0.15, 0.2) is 24.3 Å². The van der Waals surface area contributed by atoms with Crippen LogP contribution in [-0.4, -0.2) is 55.3 Å². The Balaban J connectivity index is 1.95. The van der Waals surface area contributed by atoms with E-state index >= 15 is 0 Å². The zero-order chi connectivity index (χ0) is 14.6. The van der Waals surface area contributed by atoms with E-state index in [2.05, 4.69) is 38.2 Å². The van der Waals surface area contributed by atoms with E-state index in [0.717, 1.165) is 37.2 Å². The third kappa shape index (κ3) is 3.51. The zero-order valence-electron chi connectivity index (χ0n) is 12.8. The molecule has 0 atom stereocenters. The van der Waals surface area contributed by atoms with Crippen LogP contribution in [0.1, 0.15) is 18.1 Å². The van der Waals surface area contributed by atoms with Gasteiger partial charge in [0.2, 0.25) is 0 Å². The van der Waals surface area contributed by atoms with Gasteiger partial charge >= 0.3 is 6.09 Å². The fourth-order valence-corrected chi connectivity index (χ4v) is 2.70. The van der Waals surface area contributed by atoms with Gasteiger partial charge < -0.3 is 9.22 Å². The second kappa shape index (κ2) is 6.27. The average Bonchev–Trinajstić information content (AvgIpc) is 2.42. The summed E-state index contributed by atoms with van der Waals surface area (Å²) in [4.78, 5) is 13.5. The van der Waals surface area contributed by atoms with Gasteiger partial charge in [-0.2, -0.15) is 0 Å². The predicted molar refractivity (Wildman–Crippen MR) is 79.4 cm³/mol. The smallest absolute Gasteiger partial charge is 0.410 e. The maximum atomic E-state index is 11.7. The Morgan fingerprint density at radius 3 is 2.55 bits per heavy atom. The molecular weight excluding hydrogens is 252 g/mol. The number of nitrogens with zero attached hydrogens (tertiary/aromatic N) is 2. The molecule has 1 saturated heterocycles. The van der Waals surface area contributed by atoms with Crippen LogP contribution in [0.25, 0.3) is 0 Å². The van der Waals surface area contributed by atoms with E-state index in [4.69, 9.17) is 4.74 Å². The van der Waals surface area contributed by atoms with Crippen LogP contribution in [0.4, 0.5) is 4.79 Å². The van der Waals surface area contributed by atoms with Gasteiger partial charge in [0, 0.05) is 5.56 Å². The molecule has 1 aliphatic heterocycles. The fraction of sp³-hybridized carbons (Fsp3) is 0.562. The highest BCUT2D eigenvalue weighted by atomic mass is 16.6. The number of aryl methyl sites for hydroxylation is 1. The summed E-state index contributed by atoms with van der Waals surface area (Å²) in [5.74, 6) is 0. The first-order valence-electron chi connectivity index (χ1n) is 7.34. The lowest BCUT2D eigenvalue weighted by Crippen LogP contribution is -2.57. The minimum Gasteiger partial charge on any atom is -0.450 e. The van der Waals surface area contributed by atoms with Crippen LogP contribution < -0.4 is 0 Å². The van der Waals surface area contributed by atoms with E-state index in [9.17, 15) is 4.79 Å². The van der Waals surface area contributed by atoms with Crippen molar-refractivity contribution in [1.29, 1.82) is 0 Å². The van der Waals surface area contributed by atoms with E-state index in [1.165, 1.54) is 11.1 Å². The molecule has 110 valence electrons. The van der Waals surface area contributed by atoms with Crippen molar-refractivity contribution in [1.82, 2.24) is 4.90 Å². The van der Waals surface area contributed by atoms with Gasteiger partial charge in [0.05, 0.1) is 39.8 Å². The van der Waals surface area contributed by atoms with Crippen molar-refractivity contribution in [2.45, 2.75) is 20.4 Å². The molecule has 1 fully saturated rings. The summed E-state index contributed by atoms with van der Waals surface area (Å²) < 4.78 is 6.05. The fourth-order valence-electron chi connectivity index (χ4n) is 2.70. The predicted octanol–water partition coefficient (Wildman–Crippen LogP) is 2.41. The lowest BCUT2D eigenvalue weighted by Gasteiger charge is -2.41. The minimum atomic E-state index is -0.172. The Kier molecular flexibility index (Phi) is 4.65. The molecule has 1 aliphatic rings. The Bertz CT molecular complexity index is 465. The summed E-state index contributed by atoms with van der Waals surface area (Å²) in [6, 6.07) is 8.55. The van der Waals surface area contributed by atoms with Crippen LogP contribution in [0.2, 0.25) is 0 Å². The van der Waals surface area contributed by atoms with Crippen molar-refractivity contribution >= 4 is 6.09 Å². The molecule has 0 N–H and O–H groups in total. The van der Waals surface area contributed by atoms with Crippen molar-refractivity contribution in [3.63, 3.8) is 0 Å². The maximum Gasteiger partial charge on any atom is 0.410 e. The van der Waals surface area contributed by atoms with Crippen molar-refractivity contribution in [3.8, 4) is 0 Å². The molecule has 0 aliphatic carbocycles. The molecule has 0 saturated carbocycles. The van der Waals surface area contributed by atoms with Crippen LogP contribution in [-0.2, 0) is 11.3 Å². The van der Waals surface area contributed by atoms with Crippen molar-refractivity contribution in [2.75, 3.05) is 39.8 Å². The molecule has 0 bridgehead atoms. The van der Waals surface area contributed by atoms with Gasteiger partial charge in [0.25, 0.3) is 0 Å². The quantitative estimate of drug-likeness (QED) is 0.794. The van der Waals surface area contributed by atoms with Gasteiger partial charge in [-0.25, -0.2) is 4.79 Å². The highest BCUT2D eigenvalue weighted by Crippen LogP contribution is 2.18. The number of carbonyl (C=O) groups excluding carboxylic acids is 1. The Morgan fingerprint density at radius 2 is 1.95 bits per heavy atom. The van der Waals surface area contributed by atoms with Gasteiger partial charge in [0.15, 0.2) is 0 Å². The number of likely N-dealkylation sites (N-methyl/N-ethyl adjacent to an activating group) is 1. The van der Waals surface area contributed by atoms with Gasteiger partial charge in [-0.3, -0.25) is 4.90 Å². The Morgan fingerprint density at radius 1 is 1.30 bits per heavy atom. The lowest BCUT2D eigenvalue weighted by atomic mass is 10.1. The normalized spacial score (nSPS) is 17.9. The van der Waals surface area contributed by atoms with Crippen LogP contribution in [0.3, 0.4) is 0 Å². The number of carbonyl (C=O) groups is 1. The number of amides is 1. The first-order valence-corrected chi connectivity index (χ1v) is 7.34. The minimum absolute atomic E-state index is 0.172. The van der Waals surface area contributed by atoms with Crippen LogP contribution in [0, 0.1) is 6.92 Å². The first-order chi connectivity index (χ1) is 9.54. The van der Waals surface area contributed by atoms with Gasteiger partial charge in [-0.05, 0) is 19.4 Å². The summed E-state index contributed by atoms with van der Waals surface area (Å²) >= 11 is 0. The molecule has 0 aromatic heterocycles. The number of hydrogen-bond acceptors (Lipinski definition) is 2. The molecule has 0 radical (unpaired) electrons. The summed E-state index contributed by atoms with van der Waals surface area (Å²) in [6.07, 6.45) is -0.172. The summed E-state index contributed by atoms with van der Waals surface area (Å²) in [5.41, 5.74) is 2.75. The SMILES string of the molecule is CCOC(=O)N1CC[N+](C)(Cc2ccccc2C)CC1. The third-order valence-corrected chi connectivity index (χ3v) is 4.16. The Hall–Kier alpha value is -1.55. The van der Waals surface area contributed by atoms with Crippen molar-refractivity contribution < 1.29 is 14.0 Å². The highest BCUT2D eigenvalue weighted by Gasteiger charge is 2.31. The lowest BCUT2D eigenvalue weighted by molar-refractivity contribution is -0.926. The first kappa shape index (κ1) is 14.9.